The summed E-state index contributed by atoms with van der Waals surface area (Å²) in [5.74, 6) is 2.42. The Balaban J connectivity index is 0.000000980. The second-order valence-electron chi connectivity index (χ2n) is 3.61. The van der Waals surface area contributed by atoms with Crippen LogP contribution in [-0.2, 0) is 4.79 Å². The van der Waals surface area contributed by atoms with Crippen LogP contribution in [0.5, 0.6) is 0 Å². The standard InChI is InChI=1S/C9H16N2OS.ClH/c12-9(11-4-1-2-5-11)8-7-13-6-3-10-8;/h8,10H,1-7H2;1H. The topological polar surface area (TPSA) is 32.3 Å². The van der Waals surface area contributed by atoms with E-state index in [2.05, 4.69) is 5.32 Å². The van der Waals surface area contributed by atoms with E-state index in [1.165, 1.54) is 12.8 Å². The van der Waals surface area contributed by atoms with Crippen molar-refractivity contribution in [1.29, 1.82) is 0 Å². The lowest BCUT2D eigenvalue weighted by atomic mass is 10.3. The van der Waals surface area contributed by atoms with Crippen LogP contribution in [0.25, 0.3) is 0 Å². The van der Waals surface area contributed by atoms with Gasteiger partial charge in [0.15, 0.2) is 0 Å². The number of rotatable bonds is 1. The first-order chi connectivity index (χ1) is 6.38. The quantitative estimate of drug-likeness (QED) is 0.729. The van der Waals surface area contributed by atoms with Crippen molar-refractivity contribution >= 4 is 30.1 Å². The number of hydrogen-bond acceptors (Lipinski definition) is 3. The van der Waals surface area contributed by atoms with E-state index >= 15 is 0 Å². The zero-order chi connectivity index (χ0) is 9.10. The van der Waals surface area contributed by atoms with E-state index in [-0.39, 0.29) is 18.4 Å². The molecule has 1 atom stereocenters. The van der Waals surface area contributed by atoms with Crippen LogP contribution < -0.4 is 5.32 Å². The molecule has 1 N–H and O–H groups in total. The van der Waals surface area contributed by atoms with Crippen molar-refractivity contribution < 1.29 is 4.79 Å². The molecule has 2 fully saturated rings. The summed E-state index contributed by atoms with van der Waals surface area (Å²) in [4.78, 5) is 13.9. The minimum Gasteiger partial charge on any atom is -0.341 e. The Labute approximate surface area is 95.4 Å². The molecule has 0 bridgehead atoms. The Morgan fingerprint density at radius 2 is 2.07 bits per heavy atom. The van der Waals surface area contributed by atoms with Crippen molar-refractivity contribution in [2.45, 2.75) is 18.9 Å². The van der Waals surface area contributed by atoms with E-state index in [1.807, 2.05) is 16.7 Å². The third-order valence-electron chi connectivity index (χ3n) is 2.64. The molecule has 0 aromatic heterocycles. The molecule has 2 aliphatic rings. The number of thioether (sulfide) groups is 1. The predicted molar refractivity (Wildman–Crippen MR) is 62.2 cm³/mol. The number of carbonyl (C=O) groups is 1. The van der Waals surface area contributed by atoms with E-state index in [9.17, 15) is 4.79 Å². The van der Waals surface area contributed by atoms with Crippen LogP contribution in [0.2, 0.25) is 0 Å². The Morgan fingerprint density at radius 1 is 1.36 bits per heavy atom. The van der Waals surface area contributed by atoms with Crippen molar-refractivity contribution in [3.63, 3.8) is 0 Å². The van der Waals surface area contributed by atoms with Crippen molar-refractivity contribution in [3.8, 4) is 0 Å². The van der Waals surface area contributed by atoms with Gasteiger partial charge in [0.05, 0.1) is 6.04 Å². The molecular formula is C9H17ClN2OS. The van der Waals surface area contributed by atoms with Crippen LogP contribution in [0.4, 0.5) is 0 Å². The van der Waals surface area contributed by atoms with Crippen LogP contribution >= 0.6 is 24.2 Å². The average Bonchev–Trinajstić information content (AvgIpc) is 2.71. The first-order valence-electron chi connectivity index (χ1n) is 4.98. The van der Waals surface area contributed by atoms with E-state index in [0.717, 1.165) is 31.1 Å². The molecule has 0 aromatic carbocycles. The summed E-state index contributed by atoms with van der Waals surface area (Å²) >= 11 is 1.88. The van der Waals surface area contributed by atoms with Gasteiger partial charge in [-0.2, -0.15) is 11.8 Å². The lowest BCUT2D eigenvalue weighted by Gasteiger charge is -2.26. The molecule has 0 spiro atoms. The SMILES string of the molecule is Cl.O=C(C1CSCCN1)N1CCCC1. The lowest BCUT2D eigenvalue weighted by molar-refractivity contribution is -0.131. The van der Waals surface area contributed by atoms with Gasteiger partial charge in [-0.1, -0.05) is 0 Å². The zero-order valence-corrected chi connectivity index (χ0v) is 9.83. The summed E-state index contributed by atoms with van der Waals surface area (Å²) in [6.07, 6.45) is 2.37. The number of hydrogen-bond donors (Lipinski definition) is 1. The molecule has 0 aromatic rings. The molecule has 5 heteroatoms. The Morgan fingerprint density at radius 3 is 2.64 bits per heavy atom. The molecule has 1 amide bonds. The maximum Gasteiger partial charge on any atom is 0.240 e. The van der Waals surface area contributed by atoms with Crippen LogP contribution in [0.15, 0.2) is 0 Å². The predicted octanol–water partition coefficient (Wildman–Crippen LogP) is 0.736. The van der Waals surface area contributed by atoms with Crippen molar-refractivity contribution in [1.82, 2.24) is 10.2 Å². The van der Waals surface area contributed by atoms with Crippen LogP contribution in [0.1, 0.15) is 12.8 Å². The fourth-order valence-electron chi connectivity index (χ4n) is 1.88. The molecule has 2 saturated heterocycles. The highest BCUT2D eigenvalue weighted by molar-refractivity contribution is 7.99. The van der Waals surface area contributed by atoms with Crippen LogP contribution in [0.3, 0.4) is 0 Å². The Kier molecular flexibility index (Phi) is 5.06. The molecule has 0 aliphatic carbocycles. The first-order valence-corrected chi connectivity index (χ1v) is 6.13. The highest BCUT2D eigenvalue weighted by Crippen LogP contribution is 2.13. The number of halogens is 1. The van der Waals surface area contributed by atoms with Gasteiger partial charge >= 0.3 is 0 Å². The summed E-state index contributed by atoms with van der Waals surface area (Å²) in [6.45, 7) is 2.93. The van der Waals surface area contributed by atoms with Gasteiger partial charge in [0, 0.05) is 31.1 Å². The van der Waals surface area contributed by atoms with E-state index in [0.29, 0.717) is 5.91 Å². The van der Waals surface area contributed by atoms with Gasteiger partial charge < -0.3 is 10.2 Å². The summed E-state index contributed by atoms with van der Waals surface area (Å²) in [7, 11) is 0. The number of nitrogens with zero attached hydrogens (tertiary/aromatic N) is 1. The lowest BCUT2D eigenvalue weighted by Crippen LogP contribution is -2.49. The highest BCUT2D eigenvalue weighted by Gasteiger charge is 2.27. The third kappa shape index (κ3) is 2.78. The van der Waals surface area contributed by atoms with Crippen LogP contribution in [0, 0.1) is 0 Å². The second kappa shape index (κ2) is 5.83. The van der Waals surface area contributed by atoms with Gasteiger partial charge in [-0.05, 0) is 12.8 Å². The zero-order valence-electron chi connectivity index (χ0n) is 8.20. The molecule has 0 radical (unpaired) electrons. The summed E-state index contributed by atoms with van der Waals surface area (Å²) in [6, 6.07) is 0.0943. The highest BCUT2D eigenvalue weighted by atomic mass is 35.5. The monoisotopic (exact) mass is 236 g/mol. The number of likely N-dealkylation sites (tertiary alicyclic amines) is 1. The van der Waals surface area contributed by atoms with E-state index < -0.39 is 0 Å². The first kappa shape index (κ1) is 12.1. The number of nitrogens with one attached hydrogen (secondary N) is 1. The Hall–Kier alpha value is 0.0700. The van der Waals surface area contributed by atoms with Crippen molar-refractivity contribution in [2.24, 2.45) is 0 Å². The Bertz CT molecular complexity index is 191. The van der Waals surface area contributed by atoms with Crippen LogP contribution in [-0.4, -0.2) is 48.0 Å². The number of amides is 1. The average molecular weight is 237 g/mol. The summed E-state index contributed by atoms with van der Waals surface area (Å²) < 4.78 is 0. The van der Waals surface area contributed by atoms with Gasteiger partial charge in [0.2, 0.25) is 5.91 Å². The maximum absolute atomic E-state index is 11.9. The smallest absolute Gasteiger partial charge is 0.240 e. The van der Waals surface area contributed by atoms with Gasteiger partial charge in [-0.25, -0.2) is 0 Å². The maximum atomic E-state index is 11.9. The van der Waals surface area contributed by atoms with Gasteiger partial charge in [0.1, 0.15) is 0 Å². The fraction of sp³-hybridized carbons (Fsp3) is 0.889. The molecule has 14 heavy (non-hydrogen) atoms. The molecule has 82 valence electrons. The third-order valence-corrected chi connectivity index (χ3v) is 3.70. The number of carbonyl (C=O) groups excluding carboxylic acids is 1. The van der Waals surface area contributed by atoms with Crippen molar-refractivity contribution in [2.75, 3.05) is 31.1 Å². The van der Waals surface area contributed by atoms with E-state index in [1.54, 1.807) is 0 Å². The normalized spacial score (nSPS) is 27.1. The van der Waals surface area contributed by atoms with Crippen molar-refractivity contribution in [3.05, 3.63) is 0 Å². The molecule has 1 unspecified atom stereocenters. The molecule has 2 rings (SSSR count). The molecule has 2 aliphatic heterocycles. The largest absolute Gasteiger partial charge is 0.341 e. The molecule has 0 saturated carbocycles. The minimum absolute atomic E-state index is 0. The summed E-state index contributed by atoms with van der Waals surface area (Å²) in [5, 5.41) is 3.28. The van der Waals surface area contributed by atoms with Gasteiger partial charge in [-0.3, -0.25) is 4.79 Å². The van der Waals surface area contributed by atoms with Gasteiger partial charge in [-0.15, -0.1) is 12.4 Å². The van der Waals surface area contributed by atoms with E-state index in [4.69, 9.17) is 0 Å². The second-order valence-corrected chi connectivity index (χ2v) is 4.76. The molecule has 2 heterocycles. The minimum atomic E-state index is 0. The molecular weight excluding hydrogens is 220 g/mol. The van der Waals surface area contributed by atoms with Gasteiger partial charge in [0.25, 0.3) is 0 Å². The molecule has 3 nitrogen and oxygen atoms in total. The summed E-state index contributed by atoms with van der Waals surface area (Å²) in [5.41, 5.74) is 0. The fourth-order valence-corrected chi connectivity index (χ4v) is 2.81.